The third-order valence-electron chi connectivity index (χ3n) is 10.6. The number of rotatable bonds is 23. The van der Waals surface area contributed by atoms with Crippen LogP contribution in [0, 0.1) is 0 Å². The first kappa shape index (κ1) is 40.8. The zero-order valence-electron chi connectivity index (χ0n) is 32.9. The van der Waals surface area contributed by atoms with Gasteiger partial charge >= 0.3 is 11.9 Å². The van der Waals surface area contributed by atoms with Crippen LogP contribution in [0.25, 0.3) is 33.4 Å². The number of nitrogens with zero attached hydrogens (tertiary/aromatic N) is 2. The second-order valence-corrected chi connectivity index (χ2v) is 14.2. The van der Waals surface area contributed by atoms with Crippen LogP contribution >= 0.6 is 0 Å². The molecule has 0 unspecified atom stereocenters. The van der Waals surface area contributed by atoms with Gasteiger partial charge in [0.2, 0.25) is 5.36 Å². The SMILES string of the molecule is CCCCCCCCCCCCCCCCCC(=O)OC(=O)c1ccccc1-c1c2ccc(=[N+](CC)CC)cc-2oc2cc(N(CC)CC)ccc12. The fraction of sp³-hybridized carbons (Fsp3) is 0.543. The molecule has 2 aromatic rings. The lowest BCUT2D eigenvalue weighted by Gasteiger charge is -2.22. The molecule has 0 saturated carbocycles. The monoisotopic (exact) mass is 709 g/mol. The van der Waals surface area contributed by atoms with Crippen molar-refractivity contribution in [3.05, 3.63) is 71.6 Å². The average molecular weight is 710 g/mol. The predicted octanol–water partition coefficient (Wildman–Crippen LogP) is 11.8. The Bertz CT molecular complexity index is 1730. The van der Waals surface area contributed by atoms with E-state index >= 15 is 0 Å². The molecule has 0 spiro atoms. The van der Waals surface area contributed by atoms with Crippen molar-refractivity contribution in [2.75, 3.05) is 31.1 Å². The summed E-state index contributed by atoms with van der Waals surface area (Å²) in [5.41, 5.74) is 4.74. The smallest absolute Gasteiger partial charge is 0.346 e. The standard InChI is InChI=1S/C46H65N2O4/c1-6-11-12-13-14-15-16-17-18-19-20-21-22-23-24-29-44(49)52-46(50)39-28-26-25-27-38(39)45-40-32-30-36(47(7-2)8-3)34-42(40)51-43-35-37(31-33-41(43)45)48(9-4)10-5/h25-28,30-35H,6-24,29H2,1-5H3/q+1. The quantitative estimate of drug-likeness (QED) is 0.0252. The molecule has 0 N–H and O–H groups in total. The third-order valence-corrected chi connectivity index (χ3v) is 10.6. The summed E-state index contributed by atoms with van der Waals surface area (Å²) in [6.45, 7) is 14.4. The normalized spacial score (nSPS) is 11.3. The number of benzene rings is 3. The molecule has 0 amide bonds. The molecule has 6 nitrogen and oxygen atoms in total. The first-order valence-electron chi connectivity index (χ1n) is 20.6. The van der Waals surface area contributed by atoms with Gasteiger partial charge in [-0.15, -0.1) is 0 Å². The Hall–Kier alpha value is -3.93. The van der Waals surface area contributed by atoms with E-state index in [0.717, 1.165) is 89.9 Å². The first-order chi connectivity index (χ1) is 25.4. The number of unbranched alkanes of at least 4 members (excludes halogenated alkanes) is 14. The molecule has 0 atom stereocenters. The number of ether oxygens (including phenoxy) is 1. The highest BCUT2D eigenvalue weighted by molar-refractivity contribution is 6.09. The van der Waals surface area contributed by atoms with Crippen LogP contribution in [0.4, 0.5) is 5.69 Å². The number of hydrogen-bond acceptors (Lipinski definition) is 5. The molecule has 1 aliphatic heterocycles. The molecule has 0 saturated heterocycles. The molecule has 0 bridgehead atoms. The van der Waals surface area contributed by atoms with Gasteiger partial charge in [-0.2, -0.15) is 0 Å². The van der Waals surface area contributed by atoms with Gasteiger partial charge in [0.15, 0.2) is 0 Å². The molecule has 2 aliphatic rings. The minimum atomic E-state index is -0.608. The van der Waals surface area contributed by atoms with Crippen LogP contribution in [-0.4, -0.2) is 38.1 Å². The Labute approximate surface area is 313 Å². The molecule has 52 heavy (non-hydrogen) atoms. The summed E-state index contributed by atoms with van der Waals surface area (Å²) in [4.78, 5) is 28.8. The largest absolute Gasteiger partial charge is 0.456 e. The maximum Gasteiger partial charge on any atom is 0.346 e. The van der Waals surface area contributed by atoms with Gasteiger partial charge in [-0.1, -0.05) is 115 Å². The summed E-state index contributed by atoms with van der Waals surface area (Å²) in [6.07, 6.45) is 19.2. The summed E-state index contributed by atoms with van der Waals surface area (Å²) in [5, 5.41) is 1.99. The molecule has 0 radical (unpaired) electrons. The van der Waals surface area contributed by atoms with Crippen LogP contribution in [0.2, 0.25) is 0 Å². The second-order valence-electron chi connectivity index (χ2n) is 14.2. The van der Waals surface area contributed by atoms with E-state index in [1.54, 1.807) is 6.07 Å². The number of anilines is 1. The van der Waals surface area contributed by atoms with E-state index in [4.69, 9.17) is 9.15 Å². The van der Waals surface area contributed by atoms with E-state index in [-0.39, 0.29) is 6.42 Å². The fourth-order valence-corrected chi connectivity index (χ4v) is 7.46. The Morgan fingerprint density at radius 1 is 0.654 bits per heavy atom. The summed E-state index contributed by atoms with van der Waals surface area (Å²) in [7, 11) is 0. The van der Waals surface area contributed by atoms with Crippen LogP contribution in [0.5, 0.6) is 0 Å². The minimum Gasteiger partial charge on any atom is -0.456 e. The highest BCUT2D eigenvalue weighted by Crippen LogP contribution is 2.42. The summed E-state index contributed by atoms with van der Waals surface area (Å²) in [6, 6.07) is 20.1. The highest BCUT2D eigenvalue weighted by Gasteiger charge is 2.24. The minimum absolute atomic E-state index is 0.254. The Balaban J connectivity index is 1.41. The summed E-state index contributed by atoms with van der Waals surface area (Å²) in [5.74, 6) is -0.320. The Morgan fingerprint density at radius 2 is 1.25 bits per heavy atom. The average Bonchev–Trinajstić information content (AvgIpc) is 3.16. The van der Waals surface area contributed by atoms with Gasteiger partial charge in [-0.25, -0.2) is 9.37 Å². The van der Waals surface area contributed by atoms with Crippen LogP contribution in [0.3, 0.4) is 0 Å². The molecule has 2 aromatic carbocycles. The number of esters is 2. The predicted molar refractivity (Wildman–Crippen MR) is 218 cm³/mol. The topological polar surface area (TPSA) is 62.8 Å². The molecule has 1 aliphatic carbocycles. The molecule has 6 heteroatoms. The molecule has 0 fully saturated rings. The zero-order valence-corrected chi connectivity index (χ0v) is 32.9. The van der Waals surface area contributed by atoms with Crippen molar-refractivity contribution in [3.63, 3.8) is 0 Å². The molecule has 1 heterocycles. The van der Waals surface area contributed by atoms with Crippen molar-refractivity contribution in [2.24, 2.45) is 0 Å². The van der Waals surface area contributed by atoms with Gasteiger partial charge < -0.3 is 14.1 Å². The zero-order chi connectivity index (χ0) is 37.1. The highest BCUT2D eigenvalue weighted by atomic mass is 16.6. The molecular weight excluding hydrogens is 645 g/mol. The van der Waals surface area contributed by atoms with Crippen molar-refractivity contribution in [2.45, 2.75) is 137 Å². The second kappa shape index (κ2) is 22.2. The number of carbonyl (C=O) groups excluding carboxylic acids is 2. The number of carbonyl (C=O) groups is 2. The van der Waals surface area contributed by atoms with E-state index < -0.39 is 11.9 Å². The van der Waals surface area contributed by atoms with Crippen LogP contribution in [0.1, 0.15) is 148 Å². The summed E-state index contributed by atoms with van der Waals surface area (Å²) >= 11 is 0. The van der Waals surface area contributed by atoms with Crippen molar-refractivity contribution < 1.29 is 18.7 Å². The van der Waals surface area contributed by atoms with Crippen LogP contribution < -0.4 is 14.8 Å². The first-order valence-corrected chi connectivity index (χ1v) is 20.6. The fourth-order valence-electron chi connectivity index (χ4n) is 7.46. The van der Waals surface area contributed by atoms with Gasteiger partial charge in [0.05, 0.1) is 11.6 Å². The van der Waals surface area contributed by atoms with E-state index in [1.165, 1.54) is 77.0 Å². The van der Waals surface area contributed by atoms with Crippen LogP contribution in [0.15, 0.2) is 65.1 Å². The van der Waals surface area contributed by atoms with Crippen molar-refractivity contribution >= 4 is 28.6 Å². The van der Waals surface area contributed by atoms with Gasteiger partial charge in [0.1, 0.15) is 24.4 Å². The van der Waals surface area contributed by atoms with Crippen molar-refractivity contribution in [3.8, 4) is 22.5 Å². The van der Waals surface area contributed by atoms with E-state index in [2.05, 4.69) is 80.5 Å². The van der Waals surface area contributed by atoms with Crippen LogP contribution in [-0.2, 0) is 9.53 Å². The van der Waals surface area contributed by atoms with Gasteiger partial charge in [0, 0.05) is 53.8 Å². The third kappa shape index (κ3) is 11.5. The van der Waals surface area contributed by atoms with E-state index in [0.29, 0.717) is 5.56 Å². The number of hydrogen-bond donors (Lipinski definition) is 0. The lowest BCUT2D eigenvalue weighted by atomic mass is 9.90. The lowest BCUT2D eigenvalue weighted by Crippen LogP contribution is -2.29. The van der Waals surface area contributed by atoms with Gasteiger partial charge in [-0.3, -0.25) is 4.79 Å². The van der Waals surface area contributed by atoms with Crippen molar-refractivity contribution in [1.82, 2.24) is 4.58 Å². The lowest BCUT2D eigenvalue weighted by molar-refractivity contribution is -0.138. The van der Waals surface area contributed by atoms with E-state index in [1.807, 2.05) is 18.2 Å². The molecule has 282 valence electrons. The summed E-state index contributed by atoms with van der Waals surface area (Å²) < 4.78 is 14.4. The maximum atomic E-state index is 13.6. The van der Waals surface area contributed by atoms with Gasteiger partial charge in [-0.05, 0) is 63.9 Å². The molecule has 4 rings (SSSR count). The Kier molecular flexibility index (Phi) is 17.4. The Morgan fingerprint density at radius 3 is 1.85 bits per heavy atom. The number of fused-ring (bicyclic) bond motifs is 2. The van der Waals surface area contributed by atoms with Gasteiger partial charge in [0.25, 0.3) is 0 Å². The van der Waals surface area contributed by atoms with E-state index in [9.17, 15) is 9.59 Å². The van der Waals surface area contributed by atoms with Crippen molar-refractivity contribution in [1.29, 1.82) is 0 Å². The molecular formula is C46H65N2O4+. The maximum absolute atomic E-state index is 13.6. The molecule has 0 aromatic heterocycles.